The molecule has 0 N–H and O–H groups in total. The number of anilines is 1. The van der Waals surface area contributed by atoms with E-state index in [9.17, 15) is 8.78 Å². The standard InChI is InChI=1S/C24H27F2N3O2/c1-4-28-9-11-29(12-10-28)24-19-8-6-5-7-17(19)15-22(27-24)18-13-20(25)23(21(26)14-18)31-16(2)30-3/h5-8,13-16H,4,9-12H2,1-3H3. The number of hydrogen-bond donors (Lipinski definition) is 0. The number of likely N-dealkylation sites (N-methyl/N-ethyl adjacent to an activating group) is 1. The molecule has 1 atom stereocenters. The molecule has 164 valence electrons. The summed E-state index contributed by atoms with van der Waals surface area (Å²) >= 11 is 0. The van der Waals surface area contributed by atoms with Crippen LogP contribution < -0.4 is 9.64 Å². The largest absolute Gasteiger partial charge is 0.459 e. The van der Waals surface area contributed by atoms with Crippen molar-refractivity contribution in [3.63, 3.8) is 0 Å². The molecule has 0 radical (unpaired) electrons. The zero-order valence-corrected chi connectivity index (χ0v) is 18.1. The minimum absolute atomic E-state index is 0.367. The van der Waals surface area contributed by atoms with Gasteiger partial charge < -0.3 is 19.3 Å². The van der Waals surface area contributed by atoms with Gasteiger partial charge in [-0.2, -0.15) is 0 Å². The maximum atomic E-state index is 14.7. The van der Waals surface area contributed by atoms with Crippen molar-refractivity contribution in [3.05, 3.63) is 54.1 Å². The predicted molar refractivity (Wildman–Crippen MR) is 119 cm³/mol. The minimum atomic E-state index is -0.785. The molecule has 0 saturated carbocycles. The van der Waals surface area contributed by atoms with E-state index in [0.29, 0.717) is 11.3 Å². The highest BCUT2D eigenvalue weighted by Gasteiger charge is 2.21. The minimum Gasteiger partial charge on any atom is -0.459 e. The van der Waals surface area contributed by atoms with Crippen LogP contribution in [0.3, 0.4) is 0 Å². The summed E-state index contributed by atoms with van der Waals surface area (Å²) in [6.45, 7) is 8.40. The average Bonchev–Trinajstić information content (AvgIpc) is 2.80. The summed E-state index contributed by atoms with van der Waals surface area (Å²) in [7, 11) is 1.41. The van der Waals surface area contributed by atoms with Crippen LogP contribution in [-0.2, 0) is 4.74 Å². The van der Waals surface area contributed by atoms with Crippen LogP contribution >= 0.6 is 0 Å². The lowest BCUT2D eigenvalue weighted by Gasteiger charge is -2.35. The van der Waals surface area contributed by atoms with E-state index in [2.05, 4.69) is 16.7 Å². The second kappa shape index (κ2) is 9.16. The Balaban J connectivity index is 1.75. The quantitative estimate of drug-likeness (QED) is 0.534. The Hall–Kier alpha value is -2.77. The first-order chi connectivity index (χ1) is 15.0. The van der Waals surface area contributed by atoms with E-state index in [0.717, 1.165) is 49.3 Å². The molecule has 2 aromatic carbocycles. The Kier molecular flexibility index (Phi) is 6.34. The maximum Gasteiger partial charge on any atom is 0.197 e. The summed E-state index contributed by atoms with van der Waals surface area (Å²) < 4.78 is 39.5. The summed E-state index contributed by atoms with van der Waals surface area (Å²) in [5.41, 5.74) is 0.891. The Morgan fingerprint density at radius 3 is 2.35 bits per heavy atom. The van der Waals surface area contributed by atoms with Gasteiger partial charge in [0.15, 0.2) is 23.7 Å². The Morgan fingerprint density at radius 2 is 1.71 bits per heavy atom. The molecule has 0 bridgehead atoms. The van der Waals surface area contributed by atoms with Crippen molar-refractivity contribution in [1.29, 1.82) is 0 Å². The molecular formula is C24H27F2N3O2. The smallest absolute Gasteiger partial charge is 0.197 e. The van der Waals surface area contributed by atoms with Crippen LogP contribution in [0.15, 0.2) is 42.5 Å². The van der Waals surface area contributed by atoms with Gasteiger partial charge in [-0.1, -0.05) is 31.2 Å². The van der Waals surface area contributed by atoms with Crippen molar-refractivity contribution in [2.75, 3.05) is 44.7 Å². The van der Waals surface area contributed by atoms with E-state index in [1.165, 1.54) is 19.2 Å². The number of halogens is 2. The van der Waals surface area contributed by atoms with Crippen LogP contribution in [0.4, 0.5) is 14.6 Å². The van der Waals surface area contributed by atoms with E-state index in [1.807, 2.05) is 30.3 Å². The van der Waals surface area contributed by atoms with Gasteiger partial charge in [-0.05, 0) is 37.1 Å². The maximum absolute atomic E-state index is 14.7. The molecule has 0 aliphatic carbocycles. The highest BCUT2D eigenvalue weighted by atomic mass is 19.1. The molecule has 0 spiro atoms. The van der Waals surface area contributed by atoms with Gasteiger partial charge in [0.05, 0.1) is 5.69 Å². The van der Waals surface area contributed by atoms with Gasteiger partial charge >= 0.3 is 0 Å². The molecule has 7 heteroatoms. The molecule has 3 aromatic rings. The number of piperazine rings is 1. The van der Waals surface area contributed by atoms with E-state index >= 15 is 0 Å². The molecule has 2 heterocycles. The Morgan fingerprint density at radius 1 is 1.03 bits per heavy atom. The lowest BCUT2D eigenvalue weighted by Crippen LogP contribution is -2.46. The third kappa shape index (κ3) is 4.48. The summed E-state index contributed by atoms with van der Waals surface area (Å²) in [5, 5.41) is 2.01. The fourth-order valence-corrected chi connectivity index (χ4v) is 3.88. The van der Waals surface area contributed by atoms with Crippen molar-refractivity contribution < 1.29 is 18.3 Å². The van der Waals surface area contributed by atoms with E-state index in [4.69, 9.17) is 14.5 Å². The van der Waals surface area contributed by atoms with Crippen molar-refractivity contribution in [3.8, 4) is 17.0 Å². The number of aromatic nitrogens is 1. The normalized spacial score (nSPS) is 16.0. The number of hydrogen-bond acceptors (Lipinski definition) is 5. The van der Waals surface area contributed by atoms with Gasteiger partial charge in [-0.3, -0.25) is 0 Å². The summed E-state index contributed by atoms with van der Waals surface area (Å²) in [6.07, 6.45) is -0.762. The molecule has 4 rings (SSSR count). The second-order valence-electron chi connectivity index (χ2n) is 7.66. The van der Waals surface area contributed by atoms with Gasteiger partial charge in [0, 0.05) is 44.2 Å². The first-order valence-electron chi connectivity index (χ1n) is 10.6. The molecular weight excluding hydrogens is 400 g/mol. The van der Waals surface area contributed by atoms with E-state index < -0.39 is 23.7 Å². The molecule has 0 amide bonds. The van der Waals surface area contributed by atoms with Gasteiger partial charge in [0.2, 0.25) is 0 Å². The van der Waals surface area contributed by atoms with Crippen molar-refractivity contribution in [2.24, 2.45) is 0 Å². The van der Waals surface area contributed by atoms with E-state index in [-0.39, 0.29) is 0 Å². The number of methoxy groups -OCH3 is 1. The molecule has 1 aliphatic heterocycles. The number of pyridine rings is 1. The third-order valence-corrected chi connectivity index (χ3v) is 5.75. The average molecular weight is 427 g/mol. The van der Waals surface area contributed by atoms with Crippen molar-refractivity contribution in [1.82, 2.24) is 9.88 Å². The van der Waals surface area contributed by atoms with Gasteiger partial charge in [0.25, 0.3) is 0 Å². The first-order valence-corrected chi connectivity index (χ1v) is 10.6. The van der Waals surface area contributed by atoms with Gasteiger partial charge in [-0.15, -0.1) is 0 Å². The molecule has 1 aromatic heterocycles. The van der Waals surface area contributed by atoms with Crippen molar-refractivity contribution >= 4 is 16.6 Å². The fraction of sp³-hybridized carbons (Fsp3) is 0.375. The van der Waals surface area contributed by atoms with Crippen molar-refractivity contribution in [2.45, 2.75) is 20.1 Å². The van der Waals surface area contributed by atoms with Gasteiger partial charge in [0.1, 0.15) is 5.82 Å². The molecule has 1 unspecified atom stereocenters. The van der Waals surface area contributed by atoms with E-state index in [1.54, 1.807) is 6.92 Å². The van der Waals surface area contributed by atoms with Crippen LogP contribution in [0.25, 0.3) is 22.0 Å². The van der Waals surface area contributed by atoms with Gasteiger partial charge in [-0.25, -0.2) is 13.8 Å². The molecule has 1 saturated heterocycles. The number of ether oxygens (including phenoxy) is 2. The van der Waals surface area contributed by atoms with Crippen LogP contribution in [0, 0.1) is 11.6 Å². The molecule has 5 nitrogen and oxygen atoms in total. The summed E-state index contributed by atoms with van der Waals surface area (Å²) in [4.78, 5) is 9.49. The zero-order chi connectivity index (χ0) is 22.0. The van der Waals surface area contributed by atoms with Crippen LogP contribution in [0.2, 0.25) is 0 Å². The number of fused-ring (bicyclic) bond motifs is 1. The summed E-state index contributed by atoms with van der Waals surface area (Å²) in [5.74, 6) is -1.17. The Labute approximate surface area is 181 Å². The first kappa shape index (κ1) is 21.5. The molecule has 31 heavy (non-hydrogen) atoms. The summed E-state index contributed by atoms with van der Waals surface area (Å²) in [6, 6.07) is 12.4. The topological polar surface area (TPSA) is 37.8 Å². The van der Waals surface area contributed by atoms with Crippen LogP contribution in [0.5, 0.6) is 5.75 Å². The number of rotatable bonds is 6. The third-order valence-electron chi connectivity index (χ3n) is 5.75. The lowest BCUT2D eigenvalue weighted by atomic mass is 10.1. The fourth-order valence-electron chi connectivity index (χ4n) is 3.88. The molecule has 1 fully saturated rings. The SMILES string of the molecule is CCN1CCN(c2nc(-c3cc(F)c(OC(C)OC)c(F)c3)cc3ccccc23)CC1. The zero-order valence-electron chi connectivity index (χ0n) is 18.1. The molecule has 1 aliphatic rings. The number of benzene rings is 2. The highest BCUT2D eigenvalue weighted by Crippen LogP contribution is 2.33. The monoisotopic (exact) mass is 427 g/mol. The lowest BCUT2D eigenvalue weighted by molar-refractivity contribution is -0.0426. The Bertz CT molecular complexity index is 1040. The highest BCUT2D eigenvalue weighted by molar-refractivity contribution is 5.95. The van der Waals surface area contributed by atoms with Crippen LogP contribution in [0.1, 0.15) is 13.8 Å². The second-order valence-corrected chi connectivity index (χ2v) is 7.66. The number of nitrogens with zero attached hydrogens (tertiary/aromatic N) is 3. The predicted octanol–water partition coefficient (Wildman–Crippen LogP) is 4.69. The van der Waals surface area contributed by atoms with Crippen LogP contribution in [-0.4, -0.2) is 56.0 Å².